The molecule has 2 rings (SSSR count). The van der Waals surface area contributed by atoms with Gasteiger partial charge >= 0.3 is 0 Å². The van der Waals surface area contributed by atoms with Gasteiger partial charge in [0.25, 0.3) is 5.91 Å². The Morgan fingerprint density at radius 3 is 2.90 bits per heavy atom. The van der Waals surface area contributed by atoms with Gasteiger partial charge in [-0.1, -0.05) is 19.1 Å². The van der Waals surface area contributed by atoms with Crippen molar-refractivity contribution < 1.29 is 9.53 Å². The minimum atomic E-state index is -0.528. The molecule has 0 unspecified atom stereocenters. The number of rotatable bonds is 7. The van der Waals surface area contributed by atoms with Crippen molar-refractivity contribution in [2.45, 2.75) is 13.3 Å². The van der Waals surface area contributed by atoms with Crippen LogP contribution in [0.5, 0.6) is 5.75 Å². The molecule has 1 aromatic heterocycles. The lowest BCUT2D eigenvalue weighted by atomic mass is 10.1. The van der Waals surface area contributed by atoms with Crippen LogP contribution in [0.25, 0.3) is 10.9 Å². The summed E-state index contributed by atoms with van der Waals surface area (Å²) < 4.78 is 5.75. The van der Waals surface area contributed by atoms with E-state index < -0.39 is 5.91 Å². The van der Waals surface area contributed by atoms with Gasteiger partial charge in [-0.3, -0.25) is 9.78 Å². The first-order valence-electron chi connectivity index (χ1n) is 6.75. The number of carbonyl (C=O) groups is 1. The van der Waals surface area contributed by atoms with Gasteiger partial charge in [-0.05, 0) is 25.1 Å². The second kappa shape index (κ2) is 6.86. The minimum absolute atomic E-state index is 0.319. The minimum Gasteiger partial charge on any atom is -0.491 e. The van der Waals surface area contributed by atoms with E-state index in [0.717, 1.165) is 30.4 Å². The summed E-state index contributed by atoms with van der Waals surface area (Å²) in [6, 6.07) is 7.54. The van der Waals surface area contributed by atoms with Crippen molar-refractivity contribution in [3.05, 3.63) is 36.0 Å². The van der Waals surface area contributed by atoms with Gasteiger partial charge in [0.1, 0.15) is 17.9 Å². The van der Waals surface area contributed by atoms with Crippen molar-refractivity contribution in [3.8, 4) is 5.75 Å². The summed E-state index contributed by atoms with van der Waals surface area (Å²) in [6.45, 7) is 4.26. The van der Waals surface area contributed by atoms with Crippen molar-refractivity contribution in [1.82, 2.24) is 10.3 Å². The van der Waals surface area contributed by atoms with Crippen LogP contribution in [0.4, 0.5) is 0 Å². The Hall–Kier alpha value is -2.14. The molecule has 5 heteroatoms. The summed E-state index contributed by atoms with van der Waals surface area (Å²) >= 11 is 0. The maximum Gasteiger partial charge on any atom is 0.254 e. The number of nitrogens with zero attached hydrogens (tertiary/aromatic N) is 1. The van der Waals surface area contributed by atoms with E-state index in [4.69, 9.17) is 10.5 Å². The highest BCUT2D eigenvalue weighted by molar-refractivity contribution is 6.01. The molecule has 0 spiro atoms. The Bertz CT molecular complexity index is 599. The predicted molar refractivity (Wildman–Crippen MR) is 78.9 cm³/mol. The number of nitrogens with one attached hydrogen (secondary N) is 1. The quantitative estimate of drug-likeness (QED) is 0.753. The van der Waals surface area contributed by atoms with Crippen molar-refractivity contribution >= 4 is 16.8 Å². The van der Waals surface area contributed by atoms with E-state index in [1.807, 2.05) is 24.3 Å². The molecule has 0 aliphatic carbocycles. The first kappa shape index (κ1) is 14.3. The number of nitrogens with two attached hydrogens (primary N) is 1. The largest absolute Gasteiger partial charge is 0.491 e. The van der Waals surface area contributed by atoms with Gasteiger partial charge < -0.3 is 15.8 Å². The fraction of sp³-hybridized carbons (Fsp3) is 0.333. The first-order chi connectivity index (χ1) is 9.74. The molecule has 0 bridgehead atoms. The maximum atomic E-state index is 11.5. The number of aromatic nitrogens is 1. The van der Waals surface area contributed by atoms with Crippen LogP contribution < -0.4 is 15.8 Å². The molecule has 106 valence electrons. The lowest BCUT2D eigenvalue weighted by molar-refractivity contribution is 0.0996. The van der Waals surface area contributed by atoms with Crippen LogP contribution in [-0.2, 0) is 0 Å². The van der Waals surface area contributed by atoms with Crippen LogP contribution in [-0.4, -0.2) is 30.6 Å². The SMILES string of the molecule is CCCNCCOc1c(C(N)=O)cnc2ccccc12. The summed E-state index contributed by atoms with van der Waals surface area (Å²) in [5, 5.41) is 4.05. The number of ether oxygens (including phenoxy) is 1. The molecule has 1 amide bonds. The van der Waals surface area contributed by atoms with E-state index >= 15 is 0 Å². The number of pyridine rings is 1. The number of para-hydroxylation sites is 1. The zero-order valence-corrected chi connectivity index (χ0v) is 11.6. The summed E-state index contributed by atoms with van der Waals surface area (Å²) in [5.74, 6) is -0.0128. The third kappa shape index (κ3) is 3.24. The number of amides is 1. The van der Waals surface area contributed by atoms with Crippen LogP contribution in [0.15, 0.2) is 30.5 Å². The number of carbonyl (C=O) groups excluding carboxylic acids is 1. The number of fused-ring (bicyclic) bond motifs is 1. The Balaban J connectivity index is 2.23. The highest BCUT2D eigenvalue weighted by Gasteiger charge is 2.14. The van der Waals surface area contributed by atoms with Gasteiger partial charge in [-0.25, -0.2) is 0 Å². The third-order valence-electron chi connectivity index (χ3n) is 2.94. The summed E-state index contributed by atoms with van der Waals surface area (Å²) in [6.07, 6.45) is 2.55. The van der Waals surface area contributed by atoms with E-state index in [1.165, 1.54) is 6.20 Å². The fourth-order valence-electron chi connectivity index (χ4n) is 1.97. The molecule has 3 N–H and O–H groups in total. The summed E-state index contributed by atoms with van der Waals surface area (Å²) in [5.41, 5.74) is 6.49. The van der Waals surface area contributed by atoms with Gasteiger partial charge in [0.15, 0.2) is 0 Å². The molecule has 2 aromatic rings. The average molecular weight is 273 g/mol. The molecule has 0 saturated heterocycles. The molecular formula is C15H19N3O2. The van der Waals surface area contributed by atoms with Crippen LogP contribution in [0.1, 0.15) is 23.7 Å². The van der Waals surface area contributed by atoms with Crippen LogP contribution in [0.3, 0.4) is 0 Å². The first-order valence-corrected chi connectivity index (χ1v) is 6.75. The summed E-state index contributed by atoms with van der Waals surface area (Å²) in [7, 11) is 0. The Kier molecular flexibility index (Phi) is 4.90. The fourth-order valence-corrected chi connectivity index (χ4v) is 1.97. The van der Waals surface area contributed by atoms with Crippen molar-refractivity contribution in [2.24, 2.45) is 5.73 Å². The van der Waals surface area contributed by atoms with Gasteiger partial charge in [-0.15, -0.1) is 0 Å². The second-order valence-corrected chi connectivity index (χ2v) is 4.48. The van der Waals surface area contributed by atoms with Crippen molar-refractivity contribution in [2.75, 3.05) is 19.7 Å². The van der Waals surface area contributed by atoms with Gasteiger partial charge in [-0.2, -0.15) is 0 Å². The zero-order valence-electron chi connectivity index (χ0n) is 11.6. The van der Waals surface area contributed by atoms with Crippen LogP contribution in [0.2, 0.25) is 0 Å². The van der Waals surface area contributed by atoms with Gasteiger partial charge in [0, 0.05) is 18.1 Å². The molecule has 0 saturated carbocycles. The van der Waals surface area contributed by atoms with Gasteiger partial charge in [0.2, 0.25) is 0 Å². The average Bonchev–Trinajstić information content (AvgIpc) is 2.46. The molecular weight excluding hydrogens is 254 g/mol. The number of benzene rings is 1. The van der Waals surface area contributed by atoms with E-state index in [0.29, 0.717) is 17.9 Å². The Morgan fingerprint density at radius 1 is 1.35 bits per heavy atom. The smallest absolute Gasteiger partial charge is 0.254 e. The van der Waals surface area contributed by atoms with Crippen LogP contribution >= 0.6 is 0 Å². The molecule has 20 heavy (non-hydrogen) atoms. The lowest BCUT2D eigenvalue weighted by Gasteiger charge is -2.12. The molecule has 0 fully saturated rings. The van der Waals surface area contributed by atoms with E-state index in [2.05, 4.69) is 17.2 Å². The molecule has 0 radical (unpaired) electrons. The standard InChI is InChI=1S/C15H19N3O2/c1-2-7-17-8-9-20-14-11-5-3-4-6-13(11)18-10-12(14)15(16)19/h3-6,10,17H,2,7-9H2,1H3,(H2,16,19). The number of hydrogen-bond donors (Lipinski definition) is 2. The Labute approximate surface area is 118 Å². The molecule has 0 atom stereocenters. The molecule has 5 nitrogen and oxygen atoms in total. The van der Waals surface area contributed by atoms with Gasteiger partial charge in [0.05, 0.1) is 5.52 Å². The van der Waals surface area contributed by atoms with Crippen molar-refractivity contribution in [3.63, 3.8) is 0 Å². The Morgan fingerprint density at radius 2 is 2.15 bits per heavy atom. The molecule has 0 aliphatic rings. The summed E-state index contributed by atoms with van der Waals surface area (Å²) in [4.78, 5) is 15.7. The van der Waals surface area contributed by atoms with Crippen molar-refractivity contribution in [1.29, 1.82) is 0 Å². The molecule has 1 aromatic carbocycles. The molecule has 0 aliphatic heterocycles. The number of primary amides is 1. The second-order valence-electron chi connectivity index (χ2n) is 4.48. The normalized spacial score (nSPS) is 10.7. The van der Waals surface area contributed by atoms with E-state index in [-0.39, 0.29) is 0 Å². The number of hydrogen-bond acceptors (Lipinski definition) is 4. The van der Waals surface area contributed by atoms with E-state index in [9.17, 15) is 4.79 Å². The zero-order chi connectivity index (χ0) is 14.4. The van der Waals surface area contributed by atoms with Crippen LogP contribution in [0, 0.1) is 0 Å². The maximum absolute atomic E-state index is 11.5. The highest BCUT2D eigenvalue weighted by Crippen LogP contribution is 2.27. The lowest BCUT2D eigenvalue weighted by Crippen LogP contribution is -2.22. The topological polar surface area (TPSA) is 77.2 Å². The predicted octanol–water partition coefficient (Wildman–Crippen LogP) is 1.71. The van der Waals surface area contributed by atoms with E-state index in [1.54, 1.807) is 0 Å². The molecule has 1 heterocycles. The highest BCUT2D eigenvalue weighted by atomic mass is 16.5. The third-order valence-corrected chi connectivity index (χ3v) is 2.94. The monoisotopic (exact) mass is 273 g/mol.